The second-order valence-electron chi connectivity index (χ2n) is 8.12. The highest BCUT2D eigenvalue weighted by Crippen LogP contribution is 2.33. The summed E-state index contributed by atoms with van der Waals surface area (Å²) in [6, 6.07) is 5.59. The SMILES string of the molecule is CCOC(=O)CCN(C#N)c1ccc(N2CCN(C(=O)OC(C)(C)C)CC2)cc1OC. The topological polar surface area (TPSA) is 95.3 Å². The van der Waals surface area contributed by atoms with E-state index in [1.54, 1.807) is 18.9 Å². The molecule has 170 valence electrons. The van der Waals surface area contributed by atoms with Crippen molar-refractivity contribution in [2.75, 3.05) is 56.2 Å². The van der Waals surface area contributed by atoms with E-state index < -0.39 is 5.60 Å². The number of carbonyl (C=O) groups is 2. The third-order valence-corrected chi connectivity index (χ3v) is 4.72. The predicted molar refractivity (Wildman–Crippen MR) is 117 cm³/mol. The van der Waals surface area contributed by atoms with E-state index >= 15 is 0 Å². The van der Waals surface area contributed by atoms with Crippen LogP contribution in [0.2, 0.25) is 0 Å². The molecule has 1 amide bonds. The van der Waals surface area contributed by atoms with Gasteiger partial charge in [-0.3, -0.25) is 9.69 Å². The van der Waals surface area contributed by atoms with Gasteiger partial charge < -0.3 is 24.0 Å². The zero-order valence-corrected chi connectivity index (χ0v) is 19.0. The fraction of sp³-hybridized carbons (Fsp3) is 0.591. The van der Waals surface area contributed by atoms with E-state index in [-0.39, 0.29) is 25.0 Å². The summed E-state index contributed by atoms with van der Waals surface area (Å²) in [5, 5.41) is 9.53. The van der Waals surface area contributed by atoms with Crippen LogP contribution in [0.4, 0.5) is 16.2 Å². The van der Waals surface area contributed by atoms with Crippen LogP contribution < -0.4 is 14.5 Å². The van der Waals surface area contributed by atoms with Crippen LogP contribution >= 0.6 is 0 Å². The normalized spacial score (nSPS) is 13.9. The summed E-state index contributed by atoms with van der Waals surface area (Å²) in [4.78, 5) is 29.2. The number of nitriles is 1. The first kappa shape index (κ1) is 24.1. The summed E-state index contributed by atoms with van der Waals surface area (Å²) in [5.74, 6) is 0.193. The van der Waals surface area contributed by atoms with Crippen LogP contribution in [-0.4, -0.2) is 69.0 Å². The standard InChI is InChI=1S/C22H32N4O5/c1-6-30-20(27)9-10-26(16-23)18-8-7-17(15-19(18)29-5)24-11-13-25(14-12-24)21(28)31-22(2,3)4/h7-8,15H,6,9-14H2,1-5H3. The molecule has 9 heteroatoms. The van der Waals surface area contributed by atoms with Crippen LogP contribution in [0.5, 0.6) is 5.75 Å². The molecule has 0 bridgehead atoms. The lowest BCUT2D eigenvalue weighted by atomic mass is 10.2. The van der Waals surface area contributed by atoms with Gasteiger partial charge in [-0.15, -0.1) is 0 Å². The summed E-state index contributed by atoms with van der Waals surface area (Å²) in [5.41, 5.74) is 1.01. The van der Waals surface area contributed by atoms with E-state index in [0.717, 1.165) is 5.69 Å². The van der Waals surface area contributed by atoms with Crippen molar-refractivity contribution in [3.63, 3.8) is 0 Å². The van der Waals surface area contributed by atoms with Crippen molar-refractivity contribution < 1.29 is 23.8 Å². The van der Waals surface area contributed by atoms with Crippen LogP contribution in [0, 0.1) is 11.5 Å². The largest absolute Gasteiger partial charge is 0.494 e. The molecule has 9 nitrogen and oxygen atoms in total. The number of rotatable bonds is 7. The molecule has 1 aromatic carbocycles. The summed E-state index contributed by atoms with van der Waals surface area (Å²) in [6.45, 7) is 10.3. The second kappa shape index (κ2) is 10.8. The average Bonchev–Trinajstić information content (AvgIpc) is 2.73. The number of nitrogens with zero attached hydrogens (tertiary/aromatic N) is 4. The molecule has 1 heterocycles. The maximum Gasteiger partial charge on any atom is 0.410 e. The van der Waals surface area contributed by atoms with Gasteiger partial charge in [-0.05, 0) is 39.8 Å². The Kier molecular flexibility index (Phi) is 8.37. The van der Waals surface area contributed by atoms with Gasteiger partial charge in [0.15, 0.2) is 6.19 Å². The monoisotopic (exact) mass is 432 g/mol. The number of hydrogen-bond acceptors (Lipinski definition) is 8. The molecule has 1 saturated heterocycles. The van der Waals surface area contributed by atoms with Crippen molar-refractivity contribution in [1.82, 2.24) is 4.90 Å². The van der Waals surface area contributed by atoms with Crippen LogP contribution in [0.25, 0.3) is 0 Å². The molecule has 0 N–H and O–H groups in total. The van der Waals surface area contributed by atoms with Crippen LogP contribution in [0.15, 0.2) is 18.2 Å². The average molecular weight is 433 g/mol. The lowest BCUT2D eigenvalue weighted by molar-refractivity contribution is -0.142. The predicted octanol–water partition coefficient (Wildman–Crippen LogP) is 2.99. The molecule has 0 aliphatic carbocycles. The zero-order valence-electron chi connectivity index (χ0n) is 19.0. The van der Waals surface area contributed by atoms with Crippen molar-refractivity contribution in [1.29, 1.82) is 5.26 Å². The van der Waals surface area contributed by atoms with Gasteiger partial charge in [0.1, 0.15) is 11.4 Å². The summed E-state index contributed by atoms with van der Waals surface area (Å²) in [7, 11) is 1.55. The van der Waals surface area contributed by atoms with Gasteiger partial charge in [-0.1, -0.05) is 0 Å². The molecule has 1 aliphatic heterocycles. The van der Waals surface area contributed by atoms with E-state index in [4.69, 9.17) is 14.2 Å². The molecule has 0 unspecified atom stereocenters. The number of ether oxygens (including phenoxy) is 3. The van der Waals surface area contributed by atoms with E-state index in [1.165, 1.54) is 4.90 Å². The Bertz CT molecular complexity index is 807. The highest BCUT2D eigenvalue weighted by molar-refractivity contribution is 5.72. The molecule has 0 atom stereocenters. The summed E-state index contributed by atoms with van der Waals surface area (Å²) in [6.07, 6.45) is 1.91. The minimum atomic E-state index is -0.517. The van der Waals surface area contributed by atoms with E-state index in [0.29, 0.717) is 44.2 Å². The van der Waals surface area contributed by atoms with E-state index in [1.807, 2.05) is 39.0 Å². The quantitative estimate of drug-likeness (QED) is 0.369. The maximum atomic E-state index is 12.3. The fourth-order valence-corrected chi connectivity index (χ4v) is 3.22. The number of benzene rings is 1. The van der Waals surface area contributed by atoms with Crippen molar-refractivity contribution in [3.05, 3.63) is 18.2 Å². The minimum absolute atomic E-state index is 0.110. The minimum Gasteiger partial charge on any atom is -0.494 e. The Hall–Kier alpha value is -3.15. The van der Waals surface area contributed by atoms with Gasteiger partial charge in [-0.2, -0.15) is 5.26 Å². The Morgan fingerprint density at radius 2 is 1.87 bits per heavy atom. The number of esters is 1. The number of piperazine rings is 1. The number of amides is 1. The van der Waals surface area contributed by atoms with Crippen molar-refractivity contribution in [2.45, 2.75) is 39.7 Å². The van der Waals surface area contributed by atoms with Gasteiger partial charge in [0.25, 0.3) is 0 Å². The number of methoxy groups -OCH3 is 1. The third-order valence-electron chi connectivity index (χ3n) is 4.72. The Balaban J connectivity index is 2.04. The molecule has 1 aliphatic rings. The number of carbonyl (C=O) groups excluding carboxylic acids is 2. The van der Waals surface area contributed by atoms with Crippen LogP contribution in [0.1, 0.15) is 34.1 Å². The van der Waals surface area contributed by atoms with Crippen molar-refractivity contribution >= 4 is 23.4 Å². The summed E-state index contributed by atoms with van der Waals surface area (Å²) >= 11 is 0. The van der Waals surface area contributed by atoms with Gasteiger partial charge in [-0.25, -0.2) is 4.79 Å². The van der Waals surface area contributed by atoms with Gasteiger partial charge >= 0.3 is 12.1 Å². The first-order valence-corrected chi connectivity index (χ1v) is 10.4. The van der Waals surface area contributed by atoms with E-state index in [2.05, 4.69) is 11.1 Å². The smallest absolute Gasteiger partial charge is 0.410 e. The first-order valence-electron chi connectivity index (χ1n) is 10.4. The van der Waals surface area contributed by atoms with Crippen LogP contribution in [-0.2, 0) is 14.3 Å². The molecule has 1 aromatic rings. The molecule has 0 radical (unpaired) electrons. The van der Waals surface area contributed by atoms with E-state index in [9.17, 15) is 14.9 Å². The molecule has 1 fully saturated rings. The number of anilines is 2. The van der Waals surface area contributed by atoms with Crippen molar-refractivity contribution in [3.8, 4) is 11.9 Å². The first-order chi connectivity index (χ1) is 14.7. The van der Waals surface area contributed by atoms with Gasteiger partial charge in [0.2, 0.25) is 0 Å². The number of hydrogen-bond donors (Lipinski definition) is 0. The second-order valence-corrected chi connectivity index (χ2v) is 8.12. The molecule has 31 heavy (non-hydrogen) atoms. The molecule has 2 rings (SSSR count). The Morgan fingerprint density at radius 3 is 2.42 bits per heavy atom. The lowest BCUT2D eigenvalue weighted by Crippen LogP contribution is -2.50. The fourth-order valence-electron chi connectivity index (χ4n) is 3.22. The highest BCUT2D eigenvalue weighted by Gasteiger charge is 2.26. The van der Waals surface area contributed by atoms with Gasteiger partial charge in [0.05, 0.1) is 25.8 Å². The van der Waals surface area contributed by atoms with Crippen LogP contribution in [0.3, 0.4) is 0 Å². The molecule has 0 saturated carbocycles. The van der Waals surface area contributed by atoms with Crippen molar-refractivity contribution in [2.24, 2.45) is 0 Å². The third kappa shape index (κ3) is 6.95. The molecule has 0 aromatic heterocycles. The molecule has 0 spiro atoms. The zero-order chi connectivity index (χ0) is 23.0. The maximum absolute atomic E-state index is 12.3. The highest BCUT2D eigenvalue weighted by atomic mass is 16.6. The Morgan fingerprint density at radius 1 is 1.19 bits per heavy atom. The Labute approximate surface area is 184 Å². The molecular weight excluding hydrogens is 400 g/mol. The molecular formula is C22H32N4O5. The summed E-state index contributed by atoms with van der Waals surface area (Å²) < 4.78 is 15.9. The lowest BCUT2D eigenvalue weighted by Gasteiger charge is -2.37. The van der Waals surface area contributed by atoms with Gasteiger partial charge in [0, 0.05) is 44.5 Å².